The van der Waals surface area contributed by atoms with E-state index >= 15 is 0 Å². The topological polar surface area (TPSA) is 45.7 Å². The molecule has 0 aliphatic carbocycles. The van der Waals surface area contributed by atoms with E-state index in [1.54, 1.807) is 20.4 Å². The first kappa shape index (κ1) is 11.5. The van der Waals surface area contributed by atoms with Crippen LogP contribution in [0.25, 0.3) is 0 Å². The Balaban J connectivity index is 2.67. The number of hydrogen-bond donors (Lipinski definition) is 2. The molecule has 0 heterocycles. The zero-order chi connectivity index (χ0) is 11.1. The molecule has 0 aliphatic rings. The van der Waals surface area contributed by atoms with Crippen LogP contribution < -0.4 is 15.5 Å². The van der Waals surface area contributed by atoms with Crippen LogP contribution in [0.2, 0.25) is 0 Å². The van der Waals surface area contributed by atoms with E-state index in [0.29, 0.717) is 5.11 Å². The van der Waals surface area contributed by atoms with Crippen molar-refractivity contribution in [3.63, 3.8) is 0 Å². The molecule has 0 fully saturated rings. The lowest BCUT2D eigenvalue weighted by atomic mass is 10.2. The lowest BCUT2D eigenvalue weighted by Gasteiger charge is -2.03. The van der Waals surface area contributed by atoms with E-state index in [-0.39, 0.29) is 0 Å². The number of hydrogen-bond acceptors (Lipinski definition) is 3. The van der Waals surface area contributed by atoms with Gasteiger partial charge in [-0.3, -0.25) is 5.43 Å². The van der Waals surface area contributed by atoms with Gasteiger partial charge in [0.2, 0.25) is 0 Å². The number of hydrazone groups is 1. The van der Waals surface area contributed by atoms with Crippen molar-refractivity contribution in [2.45, 2.75) is 0 Å². The SMILES string of the molecule is CNC(=S)NN=Cc1ccccc1OC. The molecule has 0 aromatic heterocycles. The molecule has 0 unspecified atom stereocenters. The van der Waals surface area contributed by atoms with Gasteiger partial charge in [0, 0.05) is 12.6 Å². The molecule has 1 aromatic carbocycles. The average Bonchev–Trinajstić information content (AvgIpc) is 2.29. The Morgan fingerprint density at radius 3 is 2.87 bits per heavy atom. The summed E-state index contributed by atoms with van der Waals surface area (Å²) in [5.41, 5.74) is 3.56. The Bertz CT molecular complexity index is 365. The van der Waals surface area contributed by atoms with Gasteiger partial charge in [0.15, 0.2) is 5.11 Å². The Morgan fingerprint density at radius 2 is 2.20 bits per heavy atom. The van der Waals surface area contributed by atoms with Gasteiger partial charge in [-0.2, -0.15) is 5.10 Å². The van der Waals surface area contributed by atoms with Gasteiger partial charge in [0.1, 0.15) is 5.75 Å². The summed E-state index contributed by atoms with van der Waals surface area (Å²) in [6.07, 6.45) is 1.66. The smallest absolute Gasteiger partial charge is 0.186 e. The highest BCUT2D eigenvalue weighted by molar-refractivity contribution is 7.80. The predicted octanol–water partition coefficient (Wildman–Crippen LogP) is 1.12. The van der Waals surface area contributed by atoms with Crippen molar-refractivity contribution in [3.05, 3.63) is 29.8 Å². The summed E-state index contributed by atoms with van der Waals surface area (Å²) < 4.78 is 5.16. The molecule has 80 valence electrons. The van der Waals surface area contributed by atoms with Crippen LogP contribution in [0.4, 0.5) is 0 Å². The molecule has 2 N–H and O–H groups in total. The van der Waals surface area contributed by atoms with Crippen molar-refractivity contribution in [1.82, 2.24) is 10.7 Å². The second-order valence-electron chi connectivity index (χ2n) is 2.69. The molecule has 1 aromatic rings. The third-order valence-electron chi connectivity index (χ3n) is 1.74. The highest BCUT2D eigenvalue weighted by atomic mass is 32.1. The summed E-state index contributed by atoms with van der Waals surface area (Å²) in [4.78, 5) is 0. The van der Waals surface area contributed by atoms with E-state index in [2.05, 4.69) is 15.8 Å². The number of nitrogens with one attached hydrogen (secondary N) is 2. The van der Waals surface area contributed by atoms with Gasteiger partial charge in [-0.15, -0.1) is 0 Å². The summed E-state index contributed by atoms with van der Waals surface area (Å²) in [5.74, 6) is 0.776. The quantitative estimate of drug-likeness (QED) is 0.458. The maximum Gasteiger partial charge on any atom is 0.186 e. The number of benzene rings is 1. The lowest BCUT2D eigenvalue weighted by Crippen LogP contribution is -2.28. The molecular formula is C10H13N3OS. The summed E-state index contributed by atoms with van der Waals surface area (Å²) in [7, 11) is 3.35. The van der Waals surface area contributed by atoms with E-state index in [9.17, 15) is 0 Å². The number of methoxy groups -OCH3 is 1. The fraction of sp³-hybridized carbons (Fsp3) is 0.200. The van der Waals surface area contributed by atoms with Gasteiger partial charge in [-0.1, -0.05) is 12.1 Å². The van der Waals surface area contributed by atoms with Crippen LogP contribution in [0.3, 0.4) is 0 Å². The van der Waals surface area contributed by atoms with Crippen molar-refractivity contribution in [1.29, 1.82) is 0 Å². The molecule has 0 saturated heterocycles. The van der Waals surface area contributed by atoms with E-state index in [4.69, 9.17) is 17.0 Å². The first-order valence-electron chi connectivity index (χ1n) is 4.41. The van der Waals surface area contributed by atoms with Crippen LogP contribution in [0.1, 0.15) is 5.56 Å². The highest BCUT2D eigenvalue weighted by Crippen LogP contribution is 2.14. The highest BCUT2D eigenvalue weighted by Gasteiger charge is 1.96. The molecule has 15 heavy (non-hydrogen) atoms. The van der Waals surface area contributed by atoms with E-state index < -0.39 is 0 Å². The summed E-state index contributed by atoms with van der Waals surface area (Å²) >= 11 is 4.86. The van der Waals surface area contributed by atoms with Crippen molar-refractivity contribution in [3.8, 4) is 5.75 Å². The Hall–Kier alpha value is -1.62. The van der Waals surface area contributed by atoms with E-state index in [1.807, 2.05) is 24.3 Å². The Morgan fingerprint density at radius 1 is 1.47 bits per heavy atom. The van der Waals surface area contributed by atoms with Gasteiger partial charge in [0.05, 0.1) is 13.3 Å². The molecule has 0 spiro atoms. The molecule has 4 nitrogen and oxygen atoms in total. The fourth-order valence-electron chi connectivity index (χ4n) is 0.989. The molecule has 1 rings (SSSR count). The van der Waals surface area contributed by atoms with Gasteiger partial charge in [0.25, 0.3) is 0 Å². The monoisotopic (exact) mass is 223 g/mol. The molecule has 0 bridgehead atoms. The Kier molecular flexibility index (Phi) is 4.56. The summed E-state index contributed by atoms with van der Waals surface area (Å²) in [5, 5.41) is 7.19. The zero-order valence-corrected chi connectivity index (χ0v) is 9.47. The van der Waals surface area contributed by atoms with E-state index in [1.165, 1.54) is 0 Å². The number of rotatable bonds is 3. The lowest BCUT2D eigenvalue weighted by molar-refractivity contribution is 0.414. The molecule has 0 aliphatic heterocycles. The summed E-state index contributed by atoms with van der Waals surface area (Å²) in [6, 6.07) is 7.60. The van der Waals surface area contributed by atoms with Crippen LogP contribution >= 0.6 is 12.2 Å². The van der Waals surface area contributed by atoms with Crippen molar-refractivity contribution in [2.24, 2.45) is 5.10 Å². The first-order valence-corrected chi connectivity index (χ1v) is 4.82. The fourth-order valence-corrected chi connectivity index (χ4v) is 1.04. The Labute approximate surface area is 94.3 Å². The molecule has 5 heteroatoms. The maximum absolute atomic E-state index is 5.16. The normalized spacial score (nSPS) is 10.0. The molecule has 0 radical (unpaired) electrons. The minimum Gasteiger partial charge on any atom is -0.496 e. The van der Waals surface area contributed by atoms with Crippen molar-refractivity contribution in [2.75, 3.05) is 14.2 Å². The van der Waals surface area contributed by atoms with E-state index in [0.717, 1.165) is 11.3 Å². The van der Waals surface area contributed by atoms with Gasteiger partial charge >= 0.3 is 0 Å². The third kappa shape index (κ3) is 3.55. The second-order valence-corrected chi connectivity index (χ2v) is 3.10. The number of nitrogens with zero attached hydrogens (tertiary/aromatic N) is 1. The molecule has 0 saturated carbocycles. The largest absolute Gasteiger partial charge is 0.496 e. The van der Waals surface area contributed by atoms with Gasteiger partial charge in [-0.25, -0.2) is 0 Å². The van der Waals surface area contributed by atoms with Crippen LogP contribution in [0, 0.1) is 0 Å². The number of para-hydroxylation sites is 1. The van der Waals surface area contributed by atoms with Crippen LogP contribution in [0.15, 0.2) is 29.4 Å². The predicted molar refractivity (Wildman–Crippen MR) is 65.4 cm³/mol. The minimum atomic E-state index is 0.473. The first-order chi connectivity index (χ1) is 7.27. The van der Waals surface area contributed by atoms with Crippen molar-refractivity contribution >= 4 is 23.5 Å². The van der Waals surface area contributed by atoms with Crippen LogP contribution in [0.5, 0.6) is 5.75 Å². The molecular weight excluding hydrogens is 210 g/mol. The second kappa shape index (κ2) is 5.98. The minimum absolute atomic E-state index is 0.473. The van der Waals surface area contributed by atoms with Crippen LogP contribution in [-0.4, -0.2) is 25.5 Å². The van der Waals surface area contributed by atoms with Gasteiger partial charge < -0.3 is 10.1 Å². The van der Waals surface area contributed by atoms with Gasteiger partial charge in [-0.05, 0) is 24.4 Å². The average molecular weight is 223 g/mol. The molecule has 0 atom stereocenters. The van der Waals surface area contributed by atoms with Crippen LogP contribution in [-0.2, 0) is 0 Å². The summed E-state index contributed by atoms with van der Waals surface area (Å²) in [6.45, 7) is 0. The zero-order valence-electron chi connectivity index (χ0n) is 8.65. The standard InChI is InChI=1S/C10H13N3OS/c1-11-10(15)13-12-7-8-5-3-4-6-9(8)14-2/h3-7H,1-2H3,(H2,11,13,15). The number of thiocarbonyl (C=S) groups is 1. The molecule has 0 amide bonds. The maximum atomic E-state index is 5.16. The van der Waals surface area contributed by atoms with Crippen molar-refractivity contribution < 1.29 is 4.74 Å². The number of ether oxygens (including phenoxy) is 1. The third-order valence-corrected chi connectivity index (χ3v) is 2.03.